The van der Waals surface area contributed by atoms with Gasteiger partial charge in [0.2, 0.25) is 0 Å². The average molecular weight is 281 g/mol. The largest absolute Gasteiger partial charge is 0.497 e. The first-order chi connectivity index (χ1) is 9.70. The molecule has 4 heteroatoms. The molecular formula is C16H24FNO2. The molecule has 1 fully saturated rings. The highest BCUT2D eigenvalue weighted by molar-refractivity contribution is 5.30. The lowest BCUT2D eigenvalue weighted by Gasteiger charge is -2.23. The summed E-state index contributed by atoms with van der Waals surface area (Å²) in [5, 5.41) is 3.36. The molecule has 1 aliphatic heterocycles. The molecule has 3 nitrogen and oxygen atoms in total. The van der Waals surface area contributed by atoms with Crippen LogP contribution in [0.1, 0.15) is 44.2 Å². The van der Waals surface area contributed by atoms with E-state index in [4.69, 9.17) is 9.47 Å². The van der Waals surface area contributed by atoms with Gasteiger partial charge in [0, 0.05) is 24.3 Å². The Morgan fingerprint density at radius 3 is 2.95 bits per heavy atom. The SMILES string of the molecule is COc1ccc(C(C)NCCC2CCCCO2)c(F)c1. The van der Waals surface area contributed by atoms with Gasteiger partial charge in [0.15, 0.2) is 0 Å². The van der Waals surface area contributed by atoms with Crippen LogP contribution in [0.15, 0.2) is 18.2 Å². The molecule has 1 aromatic rings. The normalized spacial score (nSPS) is 20.6. The van der Waals surface area contributed by atoms with Crippen LogP contribution < -0.4 is 10.1 Å². The fraction of sp³-hybridized carbons (Fsp3) is 0.625. The summed E-state index contributed by atoms with van der Waals surface area (Å²) in [5.74, 6) is 0.326. The minimum absolute atomic E-state index is 0.00973. The Morgan fingerprint density at radius 2 is 2.30 bits per heavy atom. The molecule has 1 aliphatic rings. The Balaban J connectivity index is 1.80. The van der Waals surface area contributed by atoms with Crippen LogP contribution in [0.2, 0.25) is 0 Å². The zero-order valence-electron chi connectivity index (χ0n) is 12.3. The van der Waals surface area contributed by atoms with E-state index in [1.54, 1.807) is 19.2 Å². The van der Waals surface area contributed by atoms with Gasteiger partial charge in [-0.25, -0.2) is 4.39 Å². The van der Waals surface area contributed by atoms with Crippen molar-refractivity contribution >= 4 is 0 Å². The summed E-state index contributed by atoms with van der Waals surface area (Å²) in [6, 6.07) is 4.99. The van der Waals surface area contributed by atoms with Crippen molar-refractivity contribution in [2.75, 3.05) is 20.3 Å². The van der Waals surface area contributed by atoms with E-state index >= 15 is 0 Å². The number of benzene rings is 1. The molecule has 0 aliphatic carbocycles. The number of rotatable bonds is 6. The number of hydrogen-bond donors (Lipinski definition) is 1. The number of nitrogens with one attached hydrogen (secondary N) is 1. The lowest BCUT2D eigenvalue weighted by atomic mass is 10.0. The first-order valence-electron chi connectivity index (χ1n) is 7.39. The van der Waals surface area contributed by atoms with Crippen molar-refractivity contribution < 1.29 is 13.9 Å². The Labute approximate surface area is 120 Å². The van der Waals surface area contributed by atoms with Gasteiger partial charge < -0.3 is 14.8 Å². The second kappa shape index (κ2) is 7.60. The molecule has 0 saturated carbocycles. The molecule has 0 radical (unpaired) electrons. The lowest BCUT2D eigenvalue weighted by Crippen LogP contribution is -2.27. The van der Waals surface area contributed by atoms with Crippen LogP contribution in [-0.4, -0.2) is 26.4 Å². The molecule has 112 valence electrons. The number of methoxy groups -OCH3 is 1. The molecule has 0 bridgehead atoms. The molecule has 2 rings (SSSR count). The van der Waals surface area contributed by atoms with Gasteiger partial charge in [-0.3, -0.25) is 0 Å². The van der Waals surface area contributed by atoms with Gasteiger partial charge in [-0.05, 0) is 45.2 Å². The van der Waals surface area contributed by atoms with E-state index in [0.717, 1.165) is 26.0 Å². The molecule has 0 amide bonds. The zero-order valence-corrected chi connectivity index (χ0v) is 12.3. The highest BCUT2D eigenvalue weighted by Gasteiger charge is 2.15. The van der Waals surface area contributed by atoms with Gasteiger partial charge in [0.25, 0.3) is 0 Å². The molecule has 0 aromatic heterocycles. The lowest BCUT2D eigenvalue weighted by molar-refractivity contribution is 0.0112. The molecule has 2 atom stereocenters. The van der Waals surface area contributed by atoms with Gasteiger partial charge >= 0.3 is 0 Å². The Bertz CT molecular complexity index is 419. The topological polar surface area (TPSA) is 30.5 Å². The highest BCUT2D eigenvalue weighted by Crippen LogP contribution is 2.22. The fourth-order valence-electron chi connectivity index (χ4n) is 2.59. The number of ether oxygens (including phenoxy) is 2. The third-order valence-corrected chi connectivity index (χ3v) is 3.86. The minimum Gasteiger partial charge on any atom is -0.497 e. The van der Waals surface area contributed by atoms with E-state index in [1.807, 2.05) is 6.92 Å². The Kier molecular flexibility index (Phi) is 5.80. The molecule has 2 unspecified atom stereocenters. The first kappa shape index (κ1) is 15.3. The van der Waals surface area contributed by atoms with Crippen molar-refractivity contribution in [2.24, 2.45) is 0 Å². The van der Waals surface area contributed by atoms with Gasteiger partial charge in [-0.2, -0.15) is 0 Å². The van der Waals surface area contributed by atoms with Crippen molar-refractivity contribution in [2.45, 2.75) is 44.8 Å². The third-order valence-electron chi connectivity index (χ3n) is 3.86. The van der Waals surface area contributed by atoms with E-state index in [-0.39, 0.29) is 11.9 Å². The molecule has 1 N–H and O–H groups in total. The van der Waals surface area contributed by atoms with Gasteiger partial charge in [-0.1, -0.05) is 6.07 Å². The highest BCUT2D eigenvalue weighted by atomic mass is 19.1. The molecule has 20 heavy (non-hydrogen) atoms. The molecular weight excluding hydrogens is 257 g/mol. The standard InChI is InChI=1S/C16H24FNO2/c1-12(15-7-6-14(19-2)11-16(15)17)18-9-8-13-5-3-4-10-20-13/h6-7,11-13,18H,3-5,8-10H2,1-2H3. The van der Waals surface area contributed by atoms with Crippen LogP contribution in [0.4, 0.5) is 4.39 Å². The Morgan fingerprint density at radius 1 is 1.45 bits per heavy atom. The van der Waals surface area contributed by atoms with Crippen molar-refractivity contribution in [1.82, 2.24) is 5.32 Å². The zero-order chi connectivity index (χ0) is 14.4. The van der Waals surface area contributed by atoms with Crippen LogP contribution in [0.5, 0.6) is 5.75 Å². The van der Waals surface area contributed by atoms with Gasteiger partial charge in [0.05, 0.1) is 13.2 Å². The first-order valence-corrected chi connectivity index (χ1v) is 7.39. The smallest absolute Gasteiger partial charge is 0.131 e. The quantitative estimate of drug-likeness (QED) is 0.866. The third kappa shape index (κ3) is 4.18. The van der Waals surface area contributed by atoms with Crippen molar-refractivity contribution in [1.29, 1.82) is 0 Å². The summed E-state index contributed by atoms with van der Waals surface area (Å²) in [4.78, 5) is 0. The summed E-state index contributed by atoms with van der Waals surface area (Å²) in [6.07, 6.45) is 4.93. The Hall–Kier alpha value is -1.13. The molecule has 1 saturated heterocycles. The summed E-state index contributed by atoms with van der Waals surface area (Å²) in [6.45, 7) is 3.71. The van der Waals surface area contributed by atoms with Gasteiger partial charge in [-0.15, -0.1) is 0 Å². The van der Waals surface area contributed by atoms with Gasteiger partial charge in [0.1, 0.15) is 11.6 Å². The summed E-state index contributed by atoms with van der Waals surface area (Å²) >= 11 is 0. The summed E-state index contributed by atoms with van der Waals surface area (Å²) in [5.41, 5.74) is 0.676. The van der Waals surface area contributed by atoms with Crippen LogP contribution in [0.25, 0.3) is 0 Å². The molecule has 1 heterocycles. The van der Waals surface area contributed by atoms with Crippen LogP contribution in [-0.2, 0) is 4.74 Å². The van der Waals surface area contributed by atoms with E-state index in [9.17, 15) is 4.39 Å². The number of halogens is 1. The van der Waals surface area contributed by atoms with Crippen molar-refractivity contribution in [3.8, 4) is 5.75 Å². The number of hydrogen-bond acceptors (Lipinski definition) is 3. The second-order valence-corrected chi connectivity index (χ2v) is 5.34. The van der Waals surface area contributed by atoms with E-state index in [2.05, 4.69) is 5.32 Å². The maximum absolute atomic E-state index is 13.9. The monoisotopic (exact) mass is 281 g/mol. The second-order valence-electron chi connectivity index (χ2n) is 5.34. The molecule has 0 spiro atoms. The van der Waals surface area contributed by atoms with Crippen LogP contribution >= 0.6 is 0 Å². The summed E-state index contributed by atoms with van der Waals surface area (Å²) in [7, 11) is 1.54. The van der Waals surface area contributed by atoms with Crippen LogP contribution in [0.3, 0.4) is 0 Å². The fourth-order valence-corrected chi connectivity index (χ4v) is 2.59. The maximum atomic E-state index is 13.9. The minimum atomic E-state index is -0.224. The molecule has 1 aromatic carbocycles. The van der Waals surface area contributed by atoms with E-state index in [0.29, 0.717) is 17.4 Å². The van der Waals surface area contributed by atoms with E-state index < -0.39 is 0 Å². The van der Waals surface area contributed by atoms with Crippen molar-refractivity contribution in [3.05, 3.63) is 29.6 Å². The van der Waals surface area contributed by atoms with Crippen molar-refractivity contribution in [3.63, 3.8) is 0 Å². The predicted molar refractivity (Wildman–Crippen MR) is 77.6 cm³/mol. The van der Waals surface area contributed by atoms with E-state index in [1.165, 1.54) is 18.9 Å². The van der Waals surface area contributed by atoms with Crippen LogP contribution in [0, 0.1) is 5.82 Å². The summed E-state index contributed by atoms with van der Waals surface area (Å²) < 4.78 is 24.6. The average Bonchev–Trinajstić information content (AvgIpc) is 2.48. The predicted octanol–water partition coefficient (Wildman–Crippen LogP) is 3.44. The maximum Gasteiger partial charge on any atom is 0.131 e.